The van der Waals surface area contributed by atoms with Crippen molar-refractivity contribution in [1.29, 1.82) is 0 Å². The highest BCUT2D eigenvalue weighted by atomic mass is 32.1. The van der Waals surface area contributed by atoms with E-state index in [1.807, 2.05) is 38.2 Å². The maximum Gasteiger partial charge on any atom is 0.453 e. The summed E-state index contributed by atoms with van der Waals surface area (Å²) in [5.41, 5.74) is 6.96. The van der Waals surface area contributed by atoms with Crippen molar-refractivity contribution in [2.24, 2.45) is 0 Å². The molecule has 0 amide bonds. The number of benzene rings is 3. The quantitative estimate of drug-likeness (QED) is 0.179. The monoisotopic (exact) mass is 631 g/mol. The number of halogens is 3. The van der Waals surface area contributed by atoms with Crippen LogP contribution >= 0.6 is 11.3 Å². The van der Waals surface area contributed by atoms with Crippen LogP contribution in [0, 0.1) is 6.92 Å². The Hall–Kier alpha value is -4.89. The smallest absolute Gasteiger partial charge is 0.223 e. The van der Waals surface area contributed by atoms with Gasteiger partial charge in [-0.25, -0.2) is 4.68 Å². The minimum absolute atomic E-state index is 0.220. The van der Waals surface area contributed by atoms with Crippen molar-refractivity contribution >= 4 is 53.8 Å². The predicted octanol–water partition coefficient (Wildman–Crippen LogP) is 8.75. The standard InChI is InChI=1S/C37H28F3N5S/c1-4-36(5-2)33(43-19-11-10-15-26(43)34-41-35(37(38,39)40)42-45(34)36)32-24-17-18-29-31(23-13-7-9-16-28(23)46-29)30(24)27-20-21(3)22-12-6-8-14-25(22)44(27)32/h6-20H,4-5H2,1-3H3/q+2. The summed E-state index contributed by atoms with van der Waals surface area (Å²) in [7, 11) is 0. The van der Waals surface area contributed by atoms with E-state index >= 15 is 0 Å². The van der Waals surface area contributed by atoms with E-state index in [1.54, 1.807) is 16.0 Å². The summed E-state index contributed by atoms with van der Waals surface area (Å²) in [6.45, 7) is 6.20. The van der Waals surface area contributed by atoms with Crippen LogP contribution in [-0.2, 0) is 11.7 Å². The third-order valence-electron chi connectivity index (χ3n) is 9.87. The first kappa shape index (κ1) is 27.4. The van der Waals surface area contributed by atoms with Gasteiger partial charge in [0.25, 0.3) is 22.9 Å². The first-order chi connectivity index (χ1) is 22.3. The van der Waals surface area contributed by atoms with E-state index in [0.717, 1.165) is 44.7 Å². The van der Waals surface area contributed by atoms with Gasteiger partial charge in [-0.15, -0.1) is 21.0 Å². The molecule has 46 heavy (non-hydrogen) atoms. The minimum Gasteiger partial charge on any atom is -0.223 e. The van der Waals surface area contributed by atoms with E-state index in [2.05, 4.69) is 92.9 Å². The van der Waals surface area contributed by atoms with Gasteiger partial charge < -0.3 is 0 Å². The van der Waals surface area contributed by atoms with Crippen molar-refractivity contribution in [2.75, 3.05) is 0 Å². The van der Waals surface area contributed by atoms with E-state index in [9.17, 15) is 13.2 Å². The number of aryl methyl sites for hydroxylation is 1. The van der Waals surface area contributed by atoms with Crippen molar-refractivity contribution in [3.63, 3.8) is 0 Å². The van der Waals surface area contributed by atoms with Gasteiger partial charge in [-0.05, 0) is 55.7 Å². The Morgan fingerprint density at radius 2 is 1.59 bits per heavy atom. The molecule has 0 saturated carbocycles. The molecule has 7 aromatic rings. The van der Waals surface area contributed by atoms with Gasteiger partial charge in [0.1, 0.15) is 0 Å². The highest BCUT2D eigenvalue weighted by Crippen LogP contribution is 2.50. The summed E-state index contributed by atoms with van der Waals surface area (Å²) in [6.07, 6.45) is -1.70. The Labute approximate surface area is 266 Å². The third-order valence-corrected chi connectivity index (χ3v) is 11.0. The molecule has 0 fully saturated rings. The summed E-state index contributed by atoms with van der Waals surface area (Å²) < 4.78 is 51.0. The van der Waals surface area contributed by atoms with Crippen LogP contribution < -0.4 is 9.13 Å². The number of pyridine rings is 2. The third kappa shape index (κ3) is 3.41. The number of fused-ring (bicyclic) bond motifs is 12. The van der Waals surface area contributed by atoms with Crippen LogP contribution in [0.15, 0.2) is 91.1 Å². The molecular formula is C37H28F3N5S+2. The van der Waals surface area contributed by atoms with Crippen LogP contribution in [0.4, 0.5) is 13.2 Å². The summed E-state index contributed by atoms with van der Waals surface area (Å²) in [5, 5.41) is 7.76. The van der Waals surface area contributed by atoms with Gasteiger partial charge in [-0.3, -0.25) is 0 Å². The molecule has 2 aliphatic heterocycles. The molecule has 3 aromatic carbocycles. The Balaban J connectivity index is 1.53. The topological polar surface area (TPSA) is 38.5 Å². The van der Waals surface area contributed by atoms with Crippen molar-refractivity contribution in [2.45, 2.75) is 45.3 Å². The Morgan fingerprint density at radius 3 is 2.37 bits per heavy atom. The lowest BCUT2D eigenvalue weighted by atomic mass is 9.84. The number of rotatable bonds is 2. The summed E-state index contributed by atoms with van der Waals surface area (Å²) in [4.78, 5) is 4.11. The molecule has 0 unspecified atom stereocenters. The number of allylic oxidation sites excluding steroid dienone is 1. The van der Waals surface area contributed by atoms with Gasteiger partial charge in [0.05, 0.1) is 11.1 Å². The zero-order valence-corrected chi connectivity index (χ0v) is 26.2. The zero-order valence-electron chi connectivity index (χ0n) is 25.4. The molecule has 6 heterocycles. The van der Waals surface area contributed by atoms with Gasteiger partial charge in [-0.1, -0.05) is 44.2 Å². The predicted molar refractivity (Wildman–Crippen MR) is 175 cm³/mol. The molecule has 9 rings (SSSR count). The second-order valence-corrected chi connectivity index (χ2v) is 13.2. The van der Waals surface area contributed by atoms with Gasteiger partial charge in [-0.2, -0.15) is 22.7 Å². The number of nitrogens with zero attached hydrogens (tertiary/aromatic N) is 5. The Bertz CT molecular complexity index is 2460. The van der Waals surface area contributed by atoms with Crippen LogP contribution in [0.2, 0.25) is 0 Å². The van der Waals surface area contributed by atoms with Crippen molar-refractivity contribution in [3.05, 3.63) is 108 Å². The first-order valence-electron chi connectivity index (χ1n) is 15.5. The molecule has 0 saturated heterocycles. The normalized spacial score (nSPS) is 16.6. The second-order valence-electron chi connectivity index (χ2n) is 12.1. The van der Waals surface area contributed by atoms with Gasteiger partial charge in [0.2, 0.25) is 17.0 Å². The minimum atomic E-state index is -4.68. The molecule has 9 heteroatoms. The van der Waals surface area contributed by atoms with Crippen LogP contribution in [0.3, 0.4) is 0 Å². The SMILES string of the molecule is CCC1(CC)C(=C2c3ccc4sc5ccccc5c4c3-c3cc(C)c4ccccc4[n+]32)[n+]2ccccc2-c2nc(C(F)(F)F)nn21. The van der Waals surface area contributed by atoms with Crippen LogP contribution in [0.25, 0.3) is 65.2 Å². The fourth-order valence-corrected chi connectivity index (χ4v) is 8.91. The molecule has 4 aromatic heterocycles. The molecule has 0 bridgehead atoms. The summed E-state index contributed by atoms with van der Waals surface area (Å²) >= 11 is 1.78. The molecule has 0 radical (unpaired) electrons. The van der Waals surface area contributed by atoms with Crippen LogP contribution in [0.1, 0.15) is 43.6 Å². The average Bonchev–Trinajstić information content (AvgIpc) is 3.77. The highest BCUT2D eigenvalue weighted by Gasteiger charge is 2.57. The van der Waals surface area contributed by atoms with Crippen LogP contribution in [-0.4, -0.2) is 14.8 Å². The molecular weight excluding hydrogens is 604 g/mol. The number of hydrogen-bond acceptors (Lipinski definition) is 3. The number of alkyl halides is 3. The Kier molecular flexibility index (Phi) is 5.56. The molecule has 226 valence electrons. The Morgan fingerprint density at radius 1 is 0.848 bits per heavy atom. The van der Waals surface area contributed by atoms with Crippen molar-refractivity contribution < 1.29 is 22.3 Å². The number of thiophene rings is 1. The average molecular weight is 632 g/mol. The molecule has 0 N–H and O–H groups in total. The lowest BCUT2D eigenvalue weighted by molar-refractivity contribution is -0.595. The lowest BCUT2D eigenvalue weighted by Crippen LogP contribution is -2.55. The number of para-hydroxylation sites is 1. The summed E-state index contributed by atoms with van der Waals surface area (Å²) in [6, 6.07) is 29.2. The van der Waals surface area contributed by atoms with Gasteiger partial charge in [0.15, 0.2) is 11.7 Å². The maximum absolute atomic E-state index is 14.2. The molecule has 2 aliphatic rings. The lowest BCUT2D eigenvalue weighted by Gasteiger charge is -2.34. The molecule has 0 aliphatic carbocycles. The van der Waals surface area contributed by atoms with E-state index in [0.29, 0.717) is 18.5 Å². The molecule has 5 nitrogen and oxygen atoms in total. The summed E-state index contributed by atoms with van der Waals surface area (Å²) in [5.74, 6) is -0.903. The van der Waals surface area contributed by atoms with Crippen molar-refractivity contribution in [3.8, 4) is 22.8 Å². The first-order valence-corrected chi connectivity index (χ1v) is 16.3. The number of aromatic nitrogens is 5. The fraction of sp³-hybridized carbons (Fsp3) is 0.189. The van der Waals surface area contributed by atoms with E-state index in [1.165, 1.54) is 20.2 Å². The zero-order chi connectivity index (χ0) is 31.5. The van der Waals surface area contributed by atoms with Crippen LogP contribution in [0.5, 0.6) is 0 Å². The molecule has 0 spiro atoms. The second kappa shape index (κ2) is 9.33. The van der Waals surface area contributed by atoms with E-state index in [-0.39, 0.29) is 5.82 Å². The van der Waals surface area contributed by atoms with Gasteiger partial charge >= 0.3 is 6.18 Å². The molecule has 0 atom stereocenters. The highest BCUT2D eigenvalue weighted by molar-refractivity contribution is 7.26. The van der Waals surface area contributed by atoms with E-state index < -0.39 is 17.5 Å². The largest absolute Gasteiger partial charge is 0.453 e. The van der Waals surface area contributed by atoms with Gasteiger partial charge in [0, 0.05) is 49.8 Å². The van der Waals surface area contributed by atoms with E-state index in [4.69, 9.17) is 0 Å². The fourth-order valence-electron chi connectivity index (χ4n) is 7.80. The maximum atomic E-state index is 14.2. The van der Waals surface area contributed by atoms with Crippen molar-refractivity contribution in [1.82, 2.24) is 14.8 Å². The number of hydrogen-bond donors (Lipinski definition) is 0.